The smallest absolute Gasteiger partial charge is 0.306 e. The summed E-state index contributed by atoms with van der Waals surface area (Å²) >= 11 is 5.92. The lowest BCUT2D eigenvalue weighted by atomic mass is 9.80. The van der Waals surface area contributed by atoms with Crippen LogP contribution in [0.25, 0.3) is 0 Å². The molecule has 10 heteroatoms. The second-order valence-electron chi connectivity index (χ2n) is 8.75. The molecular formula is C26H31ClN2O6S. The van der Waals surface area contributed by atoms with E-state index in [1.54, 1.807) is 49.4 Å². The van der Waals surface area contributed by atoms with Crippen molar-refractivity contribution in [2.24, 2.45) is 5.41 Å². The summed E-state index contributed by atoms with van der Waals surface area (Å²) in [6.45, 7) is 5.88. The lowest BCUT2D eigenvalue weighted by Crippen LogP contribution is -2.48. The molecule has 1 aliphatic carbocycles. The van der Waals surface area contributed by atoms with Gasteiger partial charge < -0.3 is 14.3 Å². The van der Waals surface area contributed by atoms with Crippen molar-refractivity contribution in [3.63, 3.8) is 0 Å². The molecule has 0 radical (unpaired) electrons. The van der Waals surface area contributed by atoms with Gasteiger partial charge in [-0.3, -0.25) is 4.79 Å². The molecule has 3 rings (SSSR count). The number of aryl methyl sites for hydroxylation is 1. The van der Waals surface area contributed by atoms with Crippen molar-refractivity contribution in [1.82, 2.24) is 10.2 Å². The van der Waals surface area contributed by atoms with Crippen molar-refractivity contribution in [2.45, 2.75) is 44.7 Å². The van der Waals surface area contributed by atoms with Crippen molar-refractivity contribution < 1.29 is 27.5 Å². The highest BCUT2D eigenvalue weighted by atomic mass is 35.5. The summed E-state index contributed by atoms with van der Waals surface area (Å²) in [6.07, 6.45) is 5.34. The maximum absolute atomic E-state index is 13.0. The normalized spacial score (nSPS) is 18.3. The van der Waals surface area contributed by atoms with E-state index in [4.69, 9.17) is 25.9 Å². The van der Waals surface area contributed by atoms with Gasteiger partial charge in [-0.05, 0) is 74.2 Å². The van der Waals surface area contributed by atoms with Crippen LogP contribution in [-0.2, 0) is 24.4 Å². The molecule has 0 saturated heterocycles. The summed E-state index contributed by atoms with van der Waals surface area (Å²) < 4.78 is 39.3. The average Bonchev–Trinajstić information content (AvgIpc) is 2.83. The van der Waals surface area contributed by atoms with E-state index < -0.39 is 16.2 Å². The maximum atomic E-state index is 13.0. The minimum Gasteiger partial charge on any atom is -0.490 e. The Kier molecular flexibility index (Phi) is 9.56. The number of hydroxylamine groups is 1. The molecule has 1 aliphatic rings. The fourth-order valence-corrected chi connectivity index (χ4v) is 4.66. The molecule has 2 unspecified atom stereocenters. The van der Waals surface area contributed by atoms with Crippen LogP contribution in [0.2, 0.25) is 5.02 Å². The van der Waals surface area contributed by atoms with Gasteiger partial charge in [-0.25, -0.2) is 8.42 Å². The first kappa shape index (κ1) is 27.7. The number of hydrogen-bond donors (Lipinski definition) is 2. The predicted octanol–water partition coefficient (Wildman–Crippen LogP) is 4.66. The molecule has 0 spiro atoms. The maximum Gasteiger partial charge on any atom is 0.306 e. The molecule has 0 fully saturated rings. The molecule has 2 N–H and O–H groups in total. The van der Waals surface area contributed by atoms with Crippen molar-refractivity contribution in [3.8, 4) is 5.75 Å². The third-order valence-corrected chi connectivity index (χ3v) is 7.19. The Morgan fingerprint density at radius 2 is 1.83 bits per heavy atom. The van der Waals surface area contributed by atoms with Crippen LogP contribution >= 0.6 is 11.6 Å². The van der Waals surface area contributed by atoms with Crippen molar-refractivity contribution in [2.75, 3.05) is 13.2 Å². The first-order chi connectivity index (χ1) is 17.1. The second kappa shape index (κ2) is 12.4. The number of allylic oxidation sites excluding steroid dienone is 3. The number of sulfonamides is 1. The Balaban J connectivity index is 1.66. The summed E-state index contributed by atoms with van der Waals surface area (Å²) in [4.78, 5) is 17.7. The second-order valence-corrected chi connectivity index (χ2v) is 10.9. The zero-order valence-electron chi connectivity index (χ0n) is 20.5. The molecule has 8 nitrogen and oxygen atoms in total. The number of carbonyl (C=O) groups excluding carboxylic acids is 1. The largest absolute Gasteiger partial charge is 0.490 e. The molecule has 194 valence electrons. The number of carbonyl (C=O) groups is 1. The van der Waals surface area contributed by atoms with Gasteiger partial charge in [0.1, 0.15) is 24.3 Å². The first-order valence-electron chi connectivity index (χ1n) is 11.5. The molecule has 36 heavy (non-hydrogen) atoms. The molecule has 2 aromatic rings. The Morgan fingerprint density at radius 3 is 2.44 bits per heavy atom. The quantitative estimate of drug-likeness (QED) is 0.232. The van der Waals surface area contributed by atoms with Crippen LogP contribution < -0.4 is 14.9 Å². The standard InChI is InChI=1S/C26H31ClN2O6S/c1-4-33-25(30)17-26(3)15-13-22(14-16-26)35-28-24(18-34-21-9-7-20(27)8-10-21)29-36(31,32)23-11-5-19(2)6-12-23/h5-15,24,28-29H,4,16-18H2,1-3H3. The van der Waals surface area contributed by atoms with Crippen LogP contribution in [0.3, 0.4) is 0 Å². The van der Waals surface area contributed by atoms with Crippen molar-refractivity contribution in [3.05, 3.63) is 83.1 Å². The van der Waals surface area contributed by atoms with Gasteiger partial charge in [-0.1, -0.05) is 42.3 Å². The van der Waals surface area contributed by atoms with Gasteiger partial charge in [0.2, 0.25) is 10.0 Å². The highest BCUT2D eigenvalue weighted by Crippen LogP contribution is 2.33. The van der Waals surface area contributed by atoms with Gasteiger partial charge in [0.05, 0.1) is 17.9 Å². The molecule has 0 aliphatic heterocycles. The van der Waals surface area contributed by atoms with Crippen LogP contribution in [0.5, 0.6) is 5.75 Å². The monoisotopic (exact) mass is 534 g/mol. The molecule has 0 amide bonds. The number of halogens is 1. The predicted molar refractivity (Wildman–Crippen MR) is 138 cm³/mol. The Labute approximate surface area is 217 Å². The van der Waals surface area contributed by atoms with E-state index in [0.717, 1.165) is 5.56 Å². The van der Waals surface area contributed by atoms with Gasteiger partial charge in [-0.2, -0.15) is 4.72 Å². The molecule has 0 saturated carbocycles. The van der Waals surface area contributed by atoms with Crippen molar-refractivity contribution >= 4 is 27.6 Å². The summed E-state index contributed by atoms with van der Waals surface area (Å²) in [5, 5.41) is 0.561. The topological polar surface area (TPSA) is 103 Å². The van der Waals surface area contributed by atoms with Crippen molar-refractivity contribution in [1.29, 1.82) is 0 Å². The van der Waals surface area contributed by atoms with E-state index in [1.807, 2.05) is 26.0 Å². The number of ether oxygens (including phenoxy) is 2. The van der Waals surface area contributed by atoms with Gasteiger partial charge in [-0.15, -0.1) is 5.48 Å². The third kappa shape index (κ3) is 8.37. The summed E-state index contributed by atoms with van der Waals surface area (Å²) in [5.41, 5.74) is 3.31. The molecular weight excluding hydrogens is 504 g/mol. The zero-order valence-corrected chi connectivity index (χ0v) is 22.1. The third-order valence-electron chi connectivity index (χ3n) is 5.45. The van der Waals surface area contributed by atoms with Gasteiger partial charge in [0.25, 0.3) is 0 Å². The SMILES string of the molecule is CCOC(=O)CC1(C)C=CC(ONC(COc2ccc(Cl)cc2)NS(=O)(=O)c2ccc(C)cc2)=CC1. The lowest BCUT2D eigenvalue weighted by molar-refractivity contribution is -0.145. The van der Waals surface area contributed by atoms with Gasteiger partial charge >= 0.3 is 5.97 Å². The number of rotatable bonds is 12. The number of hydrogen-bond acceptors (Lipinski definition) is 7. The highest BCUT2D eigenvalue weighted by molar-refractivity contribution is 7.89. The highest BCUT2D eigenvalue weighted by Gasteiger charge is 2.28. The molecule has 2 aromatic carbocycles. The van der Waals surface area contributed by atoms with Gasteiger partial charge in [0, 0.05) is 5.02 Å². The minimum absolute atomic E-state index is 0.0652. The summed E-state index contributed by atoms with van der Waals surface area (Å²) in [5.74, 6) is 0.750. The van der Waals surface area contributed by atoms with Crippen LogP contribution in [0.1, 0.15) is 32.3 Å². The Morgan fingerprint density at radius 1 is 1.14 bits per heavy atom. The van der Waals surface area contributed by atoms with E-state index in [2.05, 4.69) is 10.2 Å². The summed E-state index contributed by atoms with van der Waals surface area (Å²) in [7, 11) is -3.86. The van der Waals surface area contributed by atoms with E-state index in [0.29, 0.717) is 29.6 Å². The van der Waals surface area contributed by atoms with Gasteiger partial charge in [0.15, 0.2) is 0 Å². The minimum atomic E-state index is -3.86. The Bertz CT molecular complexity index is 1200. The first-order valence-corrected chi connectivity index (χ1v) is 13.4. The average molecular weight is 535 g/mol. The number of esters is 1. The molecule has 0 heterocycles. The van der Waals surface area contributed by atoms with E-state index in [9.17, 15) is 13.2 Å². The van der Waals surface area contributed by atoms with Crippen LogP contribution in [-0.4, -0.2) is 33.8 Å². The Hall–Kier alpha value is -2.85. The number of benzene rings is 2. The molecule has 0 aromatic heterocycles. The van der Waals surface area contributed by atoms with E-state index in [-0.39, 0.29) is 29.3 Å². The fourth-order valence-electron chi connectivity index (χ4n) is 3.42. The zero-order chi connectivity index (χ0) is 26.2. The fraction of sp³-hybridized carbons (Fsp3) is 0.346. The van der Waals surface area contributed by atoms with Crippen LogP contribution in [0.15, 0.2) is 77.4 Å². The van der Waals surface area contributed by atoms with Crippen LogP contribution in [0, 0.1) is 12.3 Å². The lowest BCUT2D eigenvalue weighted by Gasteiger charge is -2.27. The van der Waals surface area contributed by atoms with E-state index in [1.165, 1.54) is 12.1 Å². The molecule has 0 bridgehead atoms. The van der Waals surface area contributed by atoms with E-state index >= 15 is 0 Å². The van der Waals surface area contributed by atoms with Crippen LogP contribution in [0.4, 0.5) is 0 Å². The number of nitrogens with one attached hydrogen (secondary N) is 2. The molecule has 2 atom stereocenters. The summed E-state index contributed by atoms with van der Waals surface area (Å²) in [6, 6.07) is 13.2.